The maximum absolute atomic E-state index is 4.30. The van der Waals surface area contributed by atoms with Gasteiger partial charge in [-0.05, 0) is 51.4 Å². The van der Waals surface area contributed by atoms with Crippen molar-refractivity contribution in [1.82, 2.24) is 19.7 Å². The number of hydrogen-bond donors (Lipinski definition) is 0. The summed E-state index contributed by atoms with van der Waals surface area (Å²) in [4.78, 5) is 2.56. The van der Waals surface area contributed by atoms with Crippen LogP contribution in [0.3, 0.4) is 0 Å². The average molecular weight is 316 g/mol. The van der Waals surface area contributed by atoms with Gasteiger partial charge in [0.1, 0.15) is 6.33 Å². The predicted octanol–water partition coefficient (Wildman–Crippen LogP) is 3.46. The molecule has 2 heterocycles. The monoisotopic (exact) mass is 316 g/mol. The van der Waals surface area contributed by atoms with E-state index in [4.69, 9.17) is 0 Å². The Labute approximate surface area is 136 Å². The van der Waals surface area contributed by atoms with Gasteiger partial charge >= 0.3 is 0 Å². The molecule has 0 atom stereocenters. The van der Waals surface area contributed by atoms with Crippen LogP contribution in [0.4, 0.5) is 0 Å². The lowest BCUT2D eigenvalue weighted by Crippen LogP contribution is -2.31. The second kappa shape index (κ2) is 7.29. The zero-order chi connectivity index (χ0) is 15.4. The van der Waals surface area contributed by atoms with E-state index in [9.17, 15) is 0 Å². The van der Waals surface area contributed by atoms with Crippen LogP contribution in [0.15, 0.2) is 29.7 Å². The van der Waals surface area contributed by atoms with Crippen molar-refractivity contribution in [2.45, 2.75) is 38.3 Å². The Balaban J connectivity index is 1.64. The fourth-order valence-corrected chi connectivity index (χ4v) is 3.93. The minimum atomic E-state index is 0.990. The summed E-state index contributed by atoms with van der Waals surface area (Å²) in [5.41, 5.74) is 3.72. The zero-order valence-corrected chi connectivity index (χ0v) is 14.3. The third-order valence-electron chi connectivity index (χ3n) is 4.22. The Kier molecular flexibility index (Phi) is 5.16. The van der Waals surface area contributed by atoms with Crippen LogP contribution < -0.4 is 0 Å². The number of hydrogen-bond acceptors (Lipinski definition) is 4. The fourth-order valence-electron chi connectivity index (χ4n) is 3.01. The van der Waals surface area contributed by atoms with Crippen LogP contribution in [0.2, 0.25) is 0 Å². The number of aromatic nitrogens is 3. The van der Waals surface area contributed by atoms with E-state index in [-0.39, 0.29) is 0 Å². The molecule has 0 N–H and O–H groups in total. The number of rotatable bonds is 5. The zero-order valence-electron chi connectivity index (χ0n) is 13.5. The van der Waals surface area contributed by atoms with Crippen molar-refractivity contribution in [1.29, 1.82) is 0 Å². The van der Waals surface area contributed by atoms with Gasteiger partial charge < -0.3 is 4.90 Å². The van der Waals surface area contributed by atoms with E-state index >= 15 is 0 Å². The van der Waals surface area contributed by atoms with Crippen molar-refractivity contribution in [3.8, 4) is 5.69 Å². The highest BCUT2D eigenvalue weighted by atomic mass is 32.2. The molecule has 1 fully saturated rings. The molecule has 2 aromatic rings. The minimum Gasteiger partial charge on any atom is -0.303 e. The summed E-state index contributed by atoms with van der Waals surface area (Å²) in [7, 11) is 0. The van der Waals surface area contributed by atoms with E-state index in [1.165, 1.54) is 49.2 Å². The molecule has 118 valence electrons. The quantitative estimate of drug-likeness (QED) is 0.791. The second-order valence-corrected chi connectivity index (χ2v) is 7.09. The number of thioether (sulfide) groups is 1. The number of likely N-dealkylation sites (tertiary alicyclic amines) is 1. The molecule has 0 aliphatic carbocycles. The van der Waals surface area contributed by atoms with E-state index < -0.39 is 0 Å². The minimum absolute atomic E-state index is 0.990. The van der Waals surface area contributed by atoms with Crippen LogP contribution >= 0.6 is 11.8 Å². The van der Waals surface area contributed by atoms with Crippen LogP contribution in [0.5, 0.6) is 0 Å². The van der Waals surface area contributed by atoms with Gasteiger partial charge in [0.25, 0.3) is 0 Å². The summed E-state index contributed by atoms with van der Waals surface area (Å²) in [6, 6.07) is 6.50. The molecule has 0 amide bonds. The van der Waals surface area contributed by atoms with Gasteiger partial charge in [-0.15, -0.1) is 10.2 Å². The first-order valence-electron chi connectivity index (χ1n) is 8.07. The molecule has 0 radical (unpaired) electrons. The van der Waals surface area contributed by atoms with Gasteiger partial charge in [-0.2, -0.15) is 0 Å². The topological polar surface area (TPSA) is 34.0 Å². The second-order valence-electron chi connectivity index (χ2n) is 6.02. The first kappa shape index (κ1) is 15.6. The number of benzene rings is 1. The lowest BCUT2D eigenvalue weighted by Gasteiger charge is -2.25. The molecule has 5 heteroatoms. The fraction of sp³-hybridized carbons (Fsp3) is 0.529. The summed E-state index contributed by atoms with van der Waals surface area (Å²) in [5.74, 6) is 1.07. The smallest absolute Gasteiger partial charge is 0.195 e. The van der Waals surface area contributed by atoms with Crippen LogP contribution in [0.1, 0.15) is 30.4 Å². The van der Waals surface area contributed by atoms with Gasteiger partial charge in [-0.25, -0.2) is 0 Å². The van der Waals surface area contributed by atoms with Gasteiger partial charge in [0.2, 0.25) is 0 Å². The Bertz CT molecular complexity index is 617. The maximum atomic E-state index is 4.30. The summed E-state index contributed by atoms with van der Waals surface area (Å²) in [5, 5.41) is 9.39. The molecule has 1 saturated heterocycles. The van der Waals surface area contributed by atoms with Crippen molar-refractivity contribution in [2.75, 3.05) is 25.4 Å². The van der Waals surface area contributed by atoms with Gasteiger partial charge in [0.05, 0.1) is 5.69 Å². The Morgan fingerprint density at radius 3 is 2.73 bits per heavy atom. The first-order chi connectivity index (χ1) is 10.7. The molecule has 0 bridgehead atoms. The third-order valence-corrected chi connectivity index (χ3v) is 5.14. The van der Waals surface area contributed by atoms with Crippen LogP contribution in [0.25, 0.3) is 5.69 Å². The number of aryl methyl sites for hydroxylation is 2. The van der Waals surface area contributed by atoms with E-state index in [2.05, 4.69) is 51.7 Å². The number of nitrogens with zero attached hydrogens (tertiary/aromatic N) is 4. The van der Waals surface area contributed by atoms with Crippen molar-refractivity contribution >= 4 is 11.8 Å². The van der Waals surface area contributed by atoms with Crippen molar-refractivity contribution in [2.24, 2.45) is 0 Å². The summed E-state index contributed by atoms with van der Waals surface area (Å²) < 4.78 is 2.11. The first-order valence-corrected chi connectivity index (χ1v) is 9.05. The molecule has 0 saturated carbocycles. The molecule has 1 aromatic heterocycles. The molecule has 0 unspecified atom stereocenters. The molecule has 4 nitrogen and oxygen atoms in total. The summed E-state index contributed by atoms with van der Waals surface area (Å²) >= 11 is 1.80. The molecule has 1 aromatic carbocycles. The van der Waals surface area contributed by atoms with Gasteiger partial charge in [-0.3, -0.25) is 4.57 Å². The van der Waals surface area contributed by atoms with Gasteiger partial charge in [0.15, 0.2) is 5.16 Å². The average Bonchev–Trinajstić information content (AvgIpc) is 2.97. The normalized spacial score (nSPS) is 16.1. The van der Waals surface area contributed by atoms with Crippen LogP contribution in [-0.4, -0.2) is 45.1 Å². The predicted molar refractivity (Wildman–Crippen MR) is 91.8 cm³/mol. The van der Waals surface area contributed by atoms with Gasteiger partial charge in [-0.1, -0.05) is 35.9 Å². The largest absolute Gasteiger partial charge is 0.303 e. The third kappa shape index (κ3) is 3.70. The lowest BCUT2D eigenvalue weighted by molar-refractivity contribution is 0.242. The van der Waals surface area contributed by atoms with Crippen molar-refractivity contribution < 1.29 is 0 Å². The van der Waals surface area contributed by atoms with Crippen molar-refractivity contribution in [3.63, 3.8) is 0 Å². The molecule has 3 rings (SSSR count). The molecule has 1 aliphatic heterocycles. The highest BCUT2D eigenvalue weighted by molar-refractivity contribution is 7.99. The van der Waals surface area contributed by atoms with Crippen LogP contribution in [-0.2, 0) is 0 Å². The van der Waals surface area contributed by atoms with E-state index in [1.807, 2.05) is 6.33 Å². The Morgan fingerprint density at radius 1 is 1.14 bits per heavy atom. The Morgan fingerprint density at radius 2 is 1.95 bits per heavy atom. The molecular formula is C17H24N4S. The summed E-state index contributed by atoms with van der Waals surface area (Å²) in [6.45, 7) is 7.92. The summed E-state index contributed by atoms with van der Waals surface area (Å²) in [6.07, 6.45) is 5.92. The molecule has 0 spiro atoms. The van der Waals surface area contributed by atoms with Crippen LogP contribution in [0, 0.1) is 13.8 Å². The SMILES string of the molecule is Cc1ccc(-n2cnnc2SCCN2CCCCC2)c(C)c1. The van der Waals surface area contributed by atoms with E-state index in [0.717, 1.165) is 17.5 Å². The lowest BCUT2D eigenvalue weighted by atomic mass is 10.1. The van der Waals surface area contributed by atoms with E-state index in [1.54, 1.807) is 11.8 Å². The molecule has 22 heavy (non-hydrogen) atoms. The standard InChI is InChI=1S/C17H24N4S/c1-14-6-7-16(15(2)12-14)21-13-18-19-17(21)22-11-10-20-8-4-3-5-9-20/h6-7,12-13H,3-5,8-11H2,1-2H3. The van der Waals surface area contributed by atoms with Gasteiger partial charge in [0, 0.05) is 12.3 Å². The Hall–Kier alpha value is -1.33. The maximum Gasteiger partial charge on any atom is 0.195 e. The molecular weight excluding hydrogens is 292 g/mol. The highest BCUT2D eigenvalue weighted by Crippen LogP contribution is 2.23. The van der Waals surface area contributed by atoms with E-state index in [0.29, 0.717) is 0 Å². The molecule has 1 aliphatic rings. The highest BCUT2D eigenvalue weighted by Gasteiger charge is 2.12. The number of piperidine rings is 1. The van der Waals surface area contributed by atoms with Crippen molar-refractivity contribution in [3.05, 3.63) is 35.7 Å².